The molecule has 0 radical (unpaired) electrons. The van der Waals surface area contributed by atoms with E-state index in [1.54, 1.807) is 0 Å². The number of furan rings is 1. The van der Waals surface area contributed by atoms with E-state index in [0.717, 1.165) is 12.1 Å². The summed E-state index contributed by atoms with van der Waals surface area (Å²) in [4.78, 5) is 22.4. The third-order valence-electron chi connectivity index (χ3n) is 3.58. The van der Waals surface area contributed by atoms with Crippen LogP contribution in [0.15, 0.2) is 58.0 Å². The molecule has 3 aromatic rings. The largest absolute Gasteiger partial charge is 0.455 e. The number of rotatable bonds is 5. The molecule has 7 nitrogen and oxygen atoms in total. The Balaban J connectivity index is 1.75. The van der Waals surface area contributed by atoms with Gasteiger partial charge in [-0.15, -0.1) is 0 Å². The lowest BCUT2D eigenvalue weighted by Gasteiger charge is -2.02. The minimum Gasteiger partial charge on any atom is -0.455 e. The quantitative estimate of drug-likeness (QED) is 0.353. The first-order chi connectivity index (χ1) is 13.3. The fraction of sp³-hybridized carbons (Fsp3) is 0. The van der Waals surface area contributed by atoms with E-state index in [2.05, 4.69) is 10.5 Å². The van der Waals surface area contributed by atoms with E-state index in [4.69, 9.17) is 27.6 Å². The van der Waals surface area contributed by atoms with Crippen LogP contribution >= 0.6 is 23.2 Å². The van der Waals surface area contributed by atoms with Gasteiger partial charge < -0.3 is 4.42 Å². The zero-order valence-electron chi connectivity index (χ0n) is 13.9. The number of halogens is 3. The fourth-order valence-corrected chi connectivity index (χ4v) is 2.81. The van der Waals surface area contributed by atoms with Crippen molar-refractivity contribution in [1.29, 1.82) is 0 Å². The second-order valence-electron chi connectivity index (χ2n) is 5.44. The Kier molecular flexibility index (Phi) is 5.72. The van der Waals surface area contributed by atoms with Crippen LogP contribution in [-0.4, -0.2) is 17.0 Å². The number of benzene rings is 2. The first-order valence-corrected chi connectivity index (χ1v) is 8.43. The van der Waals surface area contributed by atoms with E-state index in [1.807, 2.05) is 0 Å². The van der Waals surface area contributed by atoms with Crippen LogP contribution in [0.2, 0.25) is 10.0 Å². The molecule has 0 aliphatic carbocycles. The number of nitro benzene ring substituents is 1. The van der Waals surface area contributed by atoms with Crippen molar-refractivity contribution in [3.63, 3.8) is 0 Å². The van der Waals surface area contributed by atoms with Crippen molar-refractivity contribution >= 4 is 41.0 Å². The molecule has 1 aromatic heterocycles. The van der Waals surface area contributed by atoms with Crippen molar-refractivity contribution in [2.24, 2.45) is 5.10 Å². The van der Waals surface area contributed by atoms with Crippen molar-refractivity contribution in [2.75, 3.05) is 0 Å². The van der Waals surface area contributed by atoms with E-state index in [9.17, 15) is 19.3 Å². The third kappa shape index (κ3) is 4.36. The summed E-state index contributed by atoms with van der Waals surface area (Å²) in [5, 5.41) is 15.4. The van der Waals surface area contributed by atoms with E-state index in [0.29, 0.717) is 5.02 Å². The molecule has 0 atom stereocenters. The van der Waals surface area contributed by atoms with E-state index in [1.165, 1.54) is 42.6 Å². The van der Waals surface area contributed by atoms with Crippen LogP contribution in [0.4, 0.5) is 10.1 Å². The monoisotopic (exact) mass is 421 g/mol. The van der Waals surface area contributed by atoms with Gasteiger partial charge >= 0.3 is 0 Å². The third-order valence-corrected chi connectivity index (χ3v) is 4.13. The fourth-order valence-electron chi connectivity index (χ4n) is 2.32. The number of nitro groups is 1. The summed E-state index contributed by atoms with van der Waals surface area (Å²) in [6.07, 6.45) is 1.21. The number of nitrogens with one attached hydrogen (secondary N) is 1. The molecular weight excluding hydrogens is 412 g/mol. The smallest absolute Gasteiger partial charge is 0.283 e. The van der Waals surface area contributed by atoms with E-state index < -0.39 is 22.3 Å². The molecule has 0 saturated carbocycles. The molecular formula is C18H10Cl2FN3O4. The summed E-state index contributed by atoms with van der Waals surface area (Å²) in [5.74, 6) is -0.914. The van der Waals surface area contributed by atoms with Crippen LogP contribution in [0.1, 0.15) is 16.1 Å². The highest BCUT2D eigenvalue weighted by atomic mass is 35.5. The van der Waals surface area contributed by atoms with Crippen molar-refractivity contribution in [2.45, 2.75) is 0 Å². The summed E-state index contributed by atoms with van der Waals surface area (Å²) in [6, 6.07) is 10.5. The molecule has 28 heavy (non-hydrogen) atoms. The summed E-state index contributed by atoms with van der Waals surface area (Å²) < 4.78 is 18.7. The Labute approximate surface area is 167 Å². The predicted octanol–water partition coefficient (Wildman–Crippen LogP) is 5.06. The summed E-state index contributed by atoms with van der Waals surface area (Å²) in [5.41, 5.74) is 2.15. The highest BCUT2D eigenvalue weighted by Crippen LogP contribution is 2.31. The lowest BCUT2D eigenvalue weighted by atomic mass is 10.1. The number of amides is 1. The lowest BCUT2D eigenvalue weighted by molar-refractivity contribution is -0.384. The van der Waals surface area contributed by atoms with E-state index in [-0.39, 0.29) is 27.7 Å². The molecule has 1 amide bonds. The van der Waals surface area contributed by atoms with E-state index >= 15 is 0 Å². The maximum atomic E-state index is 13.2. The maximum Gasteiger partial charge on any atom is 0.283 e. The van der Waals surface area contributed by atoms with Crippen LogP contribution < -0.4 is 5.43 Å². The van der Waals surface area contributed by atoms with Gasteiger partial charge in [0.05, 0.1) is 33.4 Å². The van der Waals surface area contributed by atoms with Crippen LogP contribution in [0.25, 0.3) is 11.3 Å². The molecule has 2 aromatic carbocycles. The molecule has 0 fully saturated rings. The standard InChI is InChI=1S/C18H10Cl2FN3O4/c19-10-1-4-13(15(20)7-10)18(25)23-22-9-12-3-6-17(28-12)14-5-2-11(21)8-16(14)24(26)27/h1-9H,(H,23,25)/b22-9-. The number of hydrazone groups is 1. The van der Waals surface area contributed by atoms with Gasteiger partial charge in [0, 0.05) is 5.02 Å². The zero-order chi connectivity index (χ0) is 20.3. The van der Waals surface area contributed by atoms with Crippen LogP contribution in [-0.2, 0) is 0 Å². The number of carbonyl (C=O) groups excluding carboxylic acids is 1. The Bertz CT molecular complexity index is 1100. The number of hydrogen-bond acceptors (Lipinski definition) is 5. The van der Waals surface area contributed by atoms with Gasteiger partial charge in [-0.25, -0.2) is 9.82 Å². The van der Waals surface area contributed by atoms with Gasteiger partial charge in [-0.05, 0) is 42.5 Å². The summed E-state index contributed by atoms with van der Waals surface area (Å²) in [7, 11) is 0. The minimum absolute atomic E-state index is 0.114. The first-order valence-electron chi connectivity index (χ1n) is 7.68. The second kappa shape index (κ2) is 8.20. The van der Waals surface area contributed by atoms with Crippen LogP contribution in [0.5, 0.6) is 0 Å². The Hall–Kier alpha value is -3.23. The molecule has 1 heterocycles. The highest BCUT2D eigenvalue weighted by Gasteiger charge is 2.19. The van der Waals surface area contributed by atoms with Crippen molar-refractivity contribution < 1.29 is 18.5 Å². The van der Waals surface area contributed by atoms with Crippen molar-refractivity contribution in [1.82, 2.24) is 5.43 Å². The average molecular weight is 422 g/mol. The molecule has 142 valence electrons. The number of carbonyl (C=O) groups is 1. The lowest BCUT2D eigenvalue weighted by Crippen LogP contribution is -2.17. The second-order valence-corrected chi connectivity index (χ2v) is 6.29. The highest BCUT2D eigenvalue weighted by molar-refractivity contribution is 6.36. The molecule has 0 unspecified atom stereocenters. The van der Waals surface area contributed by atoms with Gasteiger partial charge in [0.15, 0.2) is 0 Å². The van der Waals surface area contributed by atoms with Crippen LogP contribution in [0, 0.1) is 15.9 Å². The van der Waals surface area contributed by atoms with Gasteiger partial charge in [0.1, 0.15) is 17.3 Å². The average Bonchev–Trinajstić information content (AvgIpc) is 3.10. The van der Waals surface area contributed by atoms with Gasteiger partial charge in [-0.3, -0.25) is 14.9 Å². The van der Waals surface area contributed by atoms with Crippen molar-refractivity contribution in [3.8, 4) is 11.3 Å². The Morgan fingerprint density at radius 3 is 2.68 bits per heavy atom. The van der Waals surface area contributed by atoms with Crippen LogP contribution in [0.3, 0.4) is 0 Å². The molecule has 1 N–H and O–H groups in total. The van der Waals surface area contributed by atoms with Crippen molar-refractivity contribution in [3.05, 3.63) is 85.8 Å². The van der Waals surface area contributed by atoms with Gasteiger partial charge in [0.25, 0.3) is 11.6 Å². The van der Waals surface area contributed by atoms with Gasteiger partial charge in [-0.1, -0.05) is 23.2 Å². The predicted molar refractivity (Wildman–Crippen MR) is 102 cm³/mol. The first kappa shape index (κ1) is 19.5. The molecule has 10 heteroatoms. The SMILES string of the molecule is O=C(N/N=C\c1ccc(-c2ccc(F)cc2[N+](=O)[O-])o1)c1ccc(Cl)cc1Cl. The van der Waals surface area contributed by atoms with Gasteiger partial charge in [0.2, 0.25) is 0 Å². The molecule has 0 saturated heterocycles. The molecule has 0 aliphatic rings. The number of hydrogen-bond donors (Lipinski definition) is 1. The van der Waals surface area contributed by atoms with Gasteiger partial charge in [-0.2, -0.15) is 5.10 Å². The Morgan fingerprint density at radius 1 is 1.18 bits per heavy atom. The normalized spacial score (nSPS) is 11.0. The summed E-state index contributed by atoms with van der Waals surface area (Å²) >= 11 is 11.7. The minimum atomic E-state index is -0.729. The maximum absolute atomic E-state index is 13.2. The molecule has 0 spiro atoms. The molecule has 3 rings (SSSR count). The Morgan fingerprint density at radius 2 is 1.96 bits per heavy atom. The molecule has 0 bridgehead atoms. The number of nitrogens with zero attached hydrogens (tertiary/aromatic N) is 2. The zero-order valence-corrected chi connectivity index (χ0v) is 15.4. The summed E-state index contributed by atoms with van der Waals surface area (Å²) in [6.45, 7) is 0. The molecule has 0 aliphatic heterocycles. The topological polar surface area (TPSA) is 97.7 Å².